The summed E-state index contributed by atoms with van der Waals surface area (Å²) in [4.78, 5) is 4.76. The Bertz CT molecular complexity index is 580. The van der Waals surface area contributed by atoms with E-state index in [1.165, 1.54) is 17.8 Å². The lowest BCUT2D eigenvalue weighted by atomic mass is 9.99. The number of nitrogens with zero attached hydrogens (tertiary/aromatic N) is 1. The molecular weight excluding hydrogens is 335 g/mol. The van der Waals surface area contributed by atoms with E-state index in [0.717, 1.165) is 24.3 Å². The van der Waals surface area contributed by atoms with Crippen LogP contribution in [0.2, 0.25) is 10.0 Å². The fourth-order valence-corrected chi connectivity index (χ4v) is 3.86. The van der Waals surface area contributed by atoms with Gasteiger partial charge in [0.1, 0.15) is 0 Å². The second kappa shape index (κ2) is 7.10. The Labute approximate surface area is 138 Å². The molecule has 0 saturated carbocycles. The molecule has 3 rings (SSSR count). The van der Waals surface area contributed by atoms with Crippen LogP contribution in [0.1, 0.15) is 23.8 Å². The van der Waals surface area contributed by atoms with Crippen molar-refractivity contribution >= 4 is 46.9 Å². The van der Waals surface area contributed by atoms with E-state index in [-0.39, 0.29) is 12.4 Å². The van der Waals surface area contributed by atoms with Crippen molar-refractivity contribution in [1.82, 2.24) is 10.3 Å². The van der Waals surface area contributed by atoms with E-state index in [1.807, 2.05) is 12.1 Å². The van der Waals surface area contributed by atoms with Crippen LogP contribution in [0, 0.1) is 0 Å². The summed E-state index contributed by atoms with van der Waals surface area (Å²) in [7, 11) is 0. The molecule has 0 aliphatic carbocycles. The summed E-state index contributed by atoms with van der Waals surface area (Å²) in [5.74, 6) is 0.589. The molecule has 0 radical (unpaired) electrons. The van der Waals surface area contributed by atoms with E-state index >= 15 is 0 Å². The number of piperidine rings is 1. The van der Waals surface area contributed by atoms with Gasteiger partial charge in [0, 0.05) is 21.9 Å². The van der Waals surface area contributed by atoms with Crippen LogP contribution in [0.5, 0.6) is 0 Å². The average Bonchev–Trinajstić information content (AvgIpc) is 2.89. The molecule has 2 nitrogen and oxygen atoms in total. The van der Waals surface area contributed by atoms with Crippen molar-refractivity contribution in [3.63, 3.8) is 0 Å². The molecule has 0 bridgehead atoms. The highest BCUT2D eigenvalue weighted by Gasteiger charge is 2.19. The van der Waals surface area contributed by atoms with Gasteiger partial charge in [-0.3, -0.25) is 0 Å². The number of nitrogens with one attached hydrogen (secondary N) is 1. The molecule has 1 aliphatic rings. The summed E-state index contributed by atoms with van der Waals surface area (Å²) in [5, 5.41) is 8.01. The Hall–Kier alpha value is -0.320. The van der Waals surface area contributed by atoms with Crippen molar-refractivity contribution in [3.05, 3.63) is 38.6 Å². The molecule has 1 N–H and O–H groups in total. The topological polar surface area (TPSA) is 24.9 Å². The predicted molar refractivity (Wildman–Crippen MR) is 89.7 cm³/mol. The number of benzene rings is 1. The molecule has 1 aromatic heterocycles. The van der Waals surface area contributed by atoms with Crippen molar-refractivity contribution in [3.8, 4) is 11.3 Å². The predicted octanol–water partition coefficient (Wildman–Crippen LogP) is 5.01. The molecule has 2 aromatic rings. The molecule has 20 heavy (non-hydrogen) atoms. The second-order valence-electron chi connectivity index (χ2n) is 4.72. The first-order valence-electron chi connectivity index (χ1n) is 6.35. The van der Waals surface area contributed by atoms with Gasteiger partial charge < -0.3 is 5.32 Å². The molecule has 1 fully saturated rings. The van der Waals surface area contributed by atoms with E-state index in [0.29, 0.717) is 16.0 Å². The average molecular weight is 350 g/mol. The first kappa shape index (κ1) is 16.1. The highest BCUT2D eigenvalue weighted by atomic mass is 35.5. The van der Waals surface area contributed by atoms with Crippen molar-refractivity contribution in [2.75, 3.05) is 13.1 Å². The number of hydrogen-bond acceptors (Lipinski definition) is 3. The van der Waals surface area contributed by atoms with Gasteiger partial charge in [-0.05, 0) is 44.1 Å². The molecule has 2 heterocycles. The number of halogens is 3. The van der Waals surface area contributed by atoms with E-state index in [2.05, 4.69) is 10.7 Å². The lowest BCUT2D eigenvalue weighted by Gasteiger charge is -2.20. The third kappa shape index (κ3) is 3.46. The zero-order valence-electron chi connectivity index (χ0n) is 10.7. The molecule has 0 unspecified atom stereocenters. The Morgan fingerprint density at radius 1 is 1.20 bits per heavy atom. The standard InChI is InChI=1S/C14H14Cl2N2S.ClH/c15-10-1-2-11(12(16)7-10)13-8-19-14(18-13)9-3-5-17-6-4-9;/h1-2,7-9,17H,3-6H2;1H. The van der Waals surface area contributed by atoms with Crippen molar-refractivity contribution in [2.45, 2.75) is 18.8 Å². The lowest BCUT2D eigenvalue weighted by Crippen LogP contribution is -2.26. The molecule has 0 spiro atoms. The second-order valence-corrected chi connectivity index (χ2v) is 6.45. The molecule has 1 aliphatic heterocycles. The molecule has 0 atom stereocenters. The Balaban J connectivity index is 0.00000147. The van der Waals surface area contributed by atoms with Crippen LogP contribution in [0.4, 0.5) is 0 Å². The molecule has 1 aromatic carbocycles. The number of thiazole rings is 1. The normalized spacial score (nSPS) is 15.9. The van der Waals surface area contributed by atoms with Crippen LogP contribution in [-0.4, -0.2) is 18.1 Å². The minimum atomic E-state index is 0. The van der Waals surface area contributed by atoms with Crippen molar-refractivity contribution in [1.29, 1.82) is 0 Å². The van der Waals surface area contributed by atoms with Gasteiger partial charge in [-0.25, -0.2) is 4.98 Å². The molecule has 1 saturated heterocycles. The quantitative estimate of drug-likeness (QED) is 0.824. The summed E-state index contributed by atoms with van der Waals surface area (Å²) >= 11 is 13.9. The van der Waals surface area contributed by atoms with Gasteiger partial charge in [-0.15, -0.1) is 23.7 Å². The van der Waals surface area contributed by atoms with Gasteiger partial charge in [-0.1, -0.05) is 23.2 Å². The highest BCUT2D eigenvalue weighted by Crippen LogP contribution is 2.34. The van der Waals surface area contributed by atoms with Crippen LogP contribution in [0.3, 0.4) is 0 Å². The van der Waals surface area contributed by atoms with Crippen LogP contribution in [0.15, 0.2) is 23.6 Å². The lowest BCUT2D eigenvalue weighted by molar-refractivity contribution is 0.459. The van der Waals surface area contributed by atoms with E-state index in [4.69, 9.17) is 28.2 Å². The zero-order valence-corrected chi connectivity index (χ0v) is 13.9. The van der Waals surface area contributed by atoms with E-state index < -0.39 is 0 Å². The van der Waals surface area contributed by atoms with Gasteiger partial charge >= 0.3 is 0 Å². The summed E-state index contributed by atoms with van der Waals surface area (Å²) < 4.78 is 0. The van der Waals surface area contributed by atoms with Crippen molar-refractivity contribution in [2.24, 2.45) is 0 Å². The van der Waals surface area contributed by atoms with Crippen LogP contribution >= 0.6 is 46.9 Å². The third-order valence-corrected chi connectivity index (χ3v) is 4.97. The molecular formula is C14H15Cl3N2S. The Kier molecular flexibility index (Phi) is 5.70. The van der Waals surface area contributed by atoms with Gasteiger partial charge in [0.25, 0.3) is 0 Å². The van der Waals surface area contributed by atoms with Gasteiger partial charge in [-0.2, -0.15) is 0 Å². The largest absolute Gasteiger partial charge is 0.317 e. The SMILES string of the molecule is Cl.Clc1ccc(-c2csc(C3CCNCC3)n2)c(Cl)c1. The smallest absolute Gasteiger partial charge is 0.0964 e. The minimum absolute atomic E-state index is 0. The van der Waals surface area contributed by atoms with Gasteiger partial charge in [0.2, 0.25) is 0 Å². The fraction of sp³-hybridized carbons (Fsp3) is 0.357. The monoisotopic (exact) mass is 348 g/mol. The molecule has 0 amide bonds. The minimum Gasteiger partial charge on any atom is -0.317 e. The maximum atomic E-state index is 6.23. The third-order valence-electron chi connectivity index (χ3n) is 3.42. The van der Waals surface area contributed by atoms with Crippen LogP contribution in [-0.2, 0) is 0 Å². The van der Waals surface area contributed by atoms with Crippen LogP contribution in [0.25, 0.3) is 11.3 Å². The molecule has 108 valence electrons. The van der Waals surface area contributed by atoms with Crippen LogP contribution < -0.4 is 5.32 Å². The maximum absolute atomic E-state index is 6.23. The maximum Gasteiger partial charge on any atom is 0.0964 e. The Morgan fingerprint density at radius 3 is 2.65 bits per heavy atom. The van der Waals surface area contributed by atoms with E-state index in [1.54, 1.807) is 17.4 Å². The number of aromatic nitrogens is 1. The summed E-state index contributed by atoms with van der Waals surface area (Å²) in [6.45, 7) is 2.17. The van der Waals surface area contributed by atoms with Gasteiger partial charge in [0.05, 0.1) is 15.7 Å². The van der Waals surface area contributed by atoms with E-state index in [9.17, 15) is 0 Å². The summed E-state index contributed by atoms with van der Waals surface area (Å²) in [6, 6.07) is 5.56. The van der Waals surface area contributed by atoms with Crippen molar-refractivity contribution < 1.29 is 0 Å². The fourth-order valence-electron chi connectivity index (χ4n) is 2.36. The number of hydrogen-bond donors (Lipinski definition) is 1. The van der Waals surface area contributed by atoms with Gasteiger partial charge in [0.15, 0.2) is 0 Å². The number of rotatable bonds is 2. The first-order valence-corrected chi connectivity index (χ1v) is 7.99. The molecule has 6 heteroatoms. The first-order chi connectivity index (χ1) is 9.24. The highest BCUT2D eigenvalue weighted by molar-refractivity contribution is 7.10. The summed E-state index contributed by atoms with van der Waals surface area (Å²) in [5.41, 5.74) is 1.92. The summed E-state index contributed by atoms with van der Waals surface area (Å²) in [6.07, 6.45) is 2.34. The Morgan fingerprint density at radius 2 is 1.95 bits per heavy atom. The zero-order chi connectivity index (χ0) is 13.2.